The predicted molar refractivity (Wildman–Crippen MR) is 116 cm³/mol. The fourth-order valence-electron chi connectivity index (χ4n) is 2.79. The van der Waals surface area contributed by atoms with Crippen LogP contribution in [0.3, 0.4) is 0 Å². The maximum Gasteiger partial charge on any atom is 0.397 e. The first-order chi connectivity index (χ1) is 14.7. The minimum absolute atomic E-state index is 0.0677. The van der Waals surface area contributed by atoms with Crippen LogP contribution in [-0.4, -0.2) is 27.3 Å². The van der Waals surface area contributed by atoms with Crippen LogP contribution in [0, 0.1) is 6.92 Å². The van der Waals surface area contributed by atoms with Crippen molar-refractivity contribution in [1.82, 2.24) is 0 Å². The highest BCUT2D eigenvalue weighted by Crippen LogP contribution is 2.42. The number of phenolic OH excluding ortho intramolecular Hbond substituents is 1. The number of carboxylic acids is 1. The third kappa shape index (κ3) is 5.08. The van der Waals surface area contributed by atoms with Crippen LogP contribution in [0.15, 0.2) is 54.6 Å². The molecule has 3 aromatic carbocycles. The van der Waals surface area contributed by atoms with Crippen LogP contribution in [0.25, 0.3) is 0 Å². The Morgan fingerprint density at radius 1 is 1.03 bits per heavy atom. The molecule has 0 aliphatic rings. The van der Waals surface area contributed by atoms with Crippen molar-refractivity contribution in [3.05, 3.63) is 81.3 Å². The Balaban J connectivity index is 1.92. The highest BCUT2D eigenvalue weighted by atomic mass is 35.5. The number of aryl methyl sites for hydroxylation is 1. The number of aromatic hydroxyl groups is 1. The van der Waals surface area contributed by atoms with E-state index in [4.69, 9.17) is 33.0 Å². The van der Waals surface area contributed by atoms with Gasteiger partial charge in [-0.3, -0.25) is 10.0 Å². The van der Waals surface area contributed by atoms with E-state index in [-0.39, 0.29) is 38.0 Å². The van der Waals surface area contributed by atoms with E-state index >= 15 is 0 Å². The standard InChI is InChI=1S/C22H17Cl2NO6/c1-12-2-4-13(5-3-12)10-14-11-15(6-9-18(14)26)31-20-16(23)7-8-17(19(20)24)25(30)21(27)22(28)29/h2-9,11,26,30H,10H2,1H3,(H,28,29). The molecule has 0 heterocycles. The number of hydroxylamine groups is 1. The Kier molecular flexibility index (Phi) is 6.70. The van der Waals surface area contributed by atoms with Crippen molar-refractivity contribution in [2.24, 2.45) is 0 Å². The average Bonchev–Trinajstić information content (AvgIpc) is 2.74. The summed E-state index contributed by atoms with van der Waals surface area (Å²) in [5.74, 6) is -3.19. The van der Waals surface area contributed by atoms with E-state index in [1.54, 1.807) is 6.07 Å². The highest BCUT2D eigenvalue weighted by Gasteiger charge is 2.25. The summed E-state index contributed by atoms with van der Waals surface area (Å²) in [6, 6.07) is 14.9. The number of nitrogens with zero attached hydrogens (tertiary/aromatic N) is 1. The monoisotopic (exact) mass is 461 g/mol. The molecule has 0 bridgehead atoms. The number of carbonyl (C=O) groups is 2. The third-order valence-corrected chi connectivity index (χ3v) is 5.08. The highest BCUT2D eigenvalue weighted by molar-refractivity contribution is 6.41. The van der Waals surface area contributed by atoms with Crippen LogP contribution >= 0.6 is 23.2 Å². The zero-order valence-corrected chi connectivity index (χ0v) is 17.7. The van der Waals surface area contributed by atoms with E-state index in [0.29, 0.717) is 12.0 Å². The lowest BCUT2D eigenvalue weighted by atomic mass is 10.0. The van der Waals surface area contributed by atoms with Gasteiger partial charge in [0, 0.05) is 12.0 Å². The van der Waals surface area contributed by atoms with Gasteiger partial charge in [0.1, 0.15) is 16.5 Å². The van der Waals surface area contributed by atoms with Crippen molar-refractivity contribution in [2.45, 2.75) is 13.3 Å². The van der Waals surface area contributed by atoms with E-state index in [9.17, 15) is 19.9 Å². The third-order valence-electron chi connectivity index (χ3n) is 4.42. The second-order valence-corrected chi connectivity index (χ2v) is 7.47. The van der Waals surface area contributed by atoms with Crippen molar-refractivity contribution >= 4 is 40.8 Å². The number of benzene rings is 3. The van der Waals surface area contributed by atoms with Gasteiger partial charge in [-0.1, -0.05) is 53.0 Å². The molecule has 0 aliphatic heterocycles. The summed E-state index contributed by atoms with van der Waals surface area (Å²) in [7, 11) is 0. The number of anilines is 1. The SMILES string of the molecule is Cc1ccc(Cc2cc(Oc3c(Cl)ccc(N(O)C(=O)C(=O)O)c3Cl)ccc2O)cc1. The number of aliphatic carboxylic acids is 1. The number of phenols is 1. The maximum atomic E-state index is 11.5. The van der Waals surface area contributed by atoms with Gasteiger partial charge in [-0.25, -0.2) is 4.79 Å². The van der Waals surface area contributed by atoms with Crippen molar-refractivity contribution in [2.75, 3.05) is 5.06 Å². The second kappa shape index (κ2) is 9.26. The maximum absolute atomic E-state index is 11.5. The molecule has 0 aromatic heterocycles. The first kappa shape index (κ1) is 22.4. The van der Waals surface area contributed by atoms with Gasteiger partial charge in [-0.15, -0.1) is 0 Å². The number of hydrogen-bond acceptors (Lipinski definition) is 5. The number of carboxylic acid groups (broad SMARTS) is 1. The molecular weight excluding hydrogens is 445 g/mol. The van der Waals surface area contributed by atoms with Crippen LogP contribution in [-0.2, 0) is 16.0 Å². The Labute approximate surface area is 187 Å². The Morgan fingerprint density at radius 2 is 1.71 bits per heavy atom. The van der Waals surface area contributed by atoms with E-state index in [2.05, 4.69) is 0 Å². The molecule has 7 nitrogen and oxygen atoms in total. The van der Waals surface area contributed by atoms with Gasteiger partial charge in [-0.2, -0.15) is 5.06 Å². The summed E-state index contributed by atoms with van der Waals surface area (Å²) >= 11 is 12.4. The topological polar surface area (TPSA) is 107 Å². The van der Waals surface area contributed by atoms with Crippen molar-refractivity contribution in [3.63, 3.8) is 0 Å². The minimum atomic E-state index is -1.87. The van der Waals surface area contributed by atoms with Crippen LogP contribution in [0.5, 0.6) is 17.2 Å². The largest absolute Gasteiger partial charge is 0.508 e. The Bertz CT molecular complexity index is 1150. The molecule has 0 fully saturated rings. The normalized spacial score (nSPS) is 10.6. The van der Waals surface area contributed by atoms with Gasteiger partial charge in [0.15, 0.2) is 5.75 Å². The summed E-state index contributed by atoms with van der Waals surface area (Å²) in [5, 5.41) is 28.6. The number of halogens is 2. The molecule has 0 radical (unpaired) electrons. The second-order valence-electron chi connectivity index (χ2n) is 6.69. The molecule has 0 atom stereocenters. The molecule has 3 rings (SSSR count). The summed E-state index contributed by atoms with van der Waals surface area (Å²) in [4.78, 5) is 22.4. The van der Waals surface area contributed by atoms with Crippen LogP contribution < -0.4 is 9.80 Å². The fourth-order valence-corrected chi connectivity index (χ4v) is 3.32. The molecule has 1 amide bonds. The molecule has 31 heavy (non-hydrogen) atoms. The van der Waals surface area contributed by atoms with Gasteiger partial charge in [-0.05, 0) is 42.8 Å². The molecule has 3 N–H and O–H groups in total. The lowest BCUT2D eigenvalue weighted by Gasteiger charge is -2.18. The molecule has 0 aliphatic carbocycles. The molecule has 160 valence electrons. The van der Waals surface area contributed by atoms with E-state index in [0.717, 1.165) is 11.1 Å². The lowest BCUT2D eigenvalue weighted by Crippen LogP contribution is -2.33. The molecule has 9 heteroatoms. The Morgan fingerprint density at radius 3 is 2.35 bits per heavy atom. The smallest absolute Gasteiger partial charge is 0.397 e. The molecule has 0 saturated carbocycles. The number of rotatable bonds is 5. The van der Waals surface area contributed by atoms with Gasteiger partial charge in [0.2, 0.25) is 0 Å². The summed E-state index contributed by atoms with van der Waals surface area (Å²) in [6.07, 6.45) is 0.447. The summed E-state index contributed by atoms with van der Waals surface area (Å²) < 4.78 is 5.75. The van der Waals surface area contributed by atoms with E-state index < -0.39 is 11.9 Å². The van der Waals surface area contributed by atoms with Gasteiger partial charge >= 0.3 is 11.9 Å². The van der Waals surface area contributed by atoms with Crippen molar-refractivity contribution in [3.8, 4) is 17.2 Å². The zero-order valence-electron chi connectivity index (χ0n) is 16.2. The predicted octanol–water partition coefficient (Wildman–Crippen LogP) is 5.20. The number of hydrogen-bond donors (Lipinski definition) is 3. The van der Waals surface area contributed by atoms with E-state index in [1.807, 2.05) is 31.2 Å². The summed E-state index contributed by atoms with van der Waals surface area (Å²) in [6.45, 7) is 1.98. The molecule has 0 saturated heterocycles. The van der Waals surface area contributed by atoms with Gasteiger partial charge < -0.3 is 14.9 Å². The molecular formula is C22H17Cl2NO6. The zero-order chi connectivity index (χ0) is 22.7. The molecule has 0 spiro atoms. The number of ether oxygens (including phenoxy) is 1. The van der Waals surface area contributed by atoms with Gasteiger partial charge in [0.05, 0.1) is 10.7 Å². The fraction of sp³-hybridized carbons (Fsp3) is 0.0909. The molecule has 0 unspecified atom stereocenters. The number of amides is 1. The van der Waals surface area contributed by atoms with Crippen molar-refractivity contribution < 1.29 is 29.7 Å². The number of carbonyl (C=O) groups excluding carboxylic acids is 1. The van der Waals surface area contributed by atoms with Crippen LogP contribution in [0.1, 0.15) is 16.7 Å². The molecule has 3 aromatic rings. The lowest BCUT2D eigenvalue weighted by molar-refractivity contribution is -0.151. The quantitative estimate of drug-likeness (QED) is 0.274. The first-order valence-corrected chi connectivity index (χ1v) is 9.72. The first-order valence-electron chi connectivity index (χ1n) is 8.97. The average molecular weight is 462 g/mol. The Hall–Kier alpha value is -3.26. The minimum Gasteiger partial charge on any atom is -0.508 e. The van der Waals surface area contributed by atoms with Crippen LogP contribution in [0.4, 0.5) is 5.69 Å². The summed E-state index contributed by atoms with van der Waals surface area (Å²) in [5.41, 5.74) is 2.38. The van der Waals surface area contributed by atoms with Gasteiger partial charge in [0.25, 0.3) is 0 Å². The van der Waals surface area contributed by atoms with Crippen molar-refractivity contribution in [1.29, 1.82) is 0 Å². The van der Waals surface area contributed by atoms with Crippen LogP contribution in [0.2, 0.25) is 10.0 Å². The van der Waals surface area contributed by atoms with E-state index in [1.165, 1.54) is 24.3 Å².